The third kappa shape index (κ3) is 7.09. The van der Waals surface area contributed by atoms with E-state index in [4.69, 9.17) is 9.47 Å². The van der Waals surface area contributed by atoms with Gasteiger partial charge in [0.1, 0.15) is 0 Å². The summed E-state index contributed by atoms with van der Waals surface area (Å²) in [5.41, 5.74) is 3.47. The van der Waals surface area contributed by atoms with E-state index >= 15 is 0 Å². The fourth-order valence-electron chi connectivity index (χ4n) is 2.85. The van der Waals surface area contributed by atoms with Gasteiger partial charge in [-0.3, -0.25) is 4.79 Å². The predicted octanol–water partition coefficient (Wildman–Crippen LogP) is 4.66. The third-order valence-electron chi connectivity index (χ3n) is 5.05. The molecule has 0 aliphatic heterocycles. The van der Waals surface area contributed by atoms with Gasteiger partial charge >= 0.3 is 0 Å². The van der Waals surface area contributed by atoms with Crippen LogP contribution < -0.4 is 14.9 Å². The van der Waals surface area contributed by atoms with E-state index in [2.05, 4.69) is 24.1 Å². The van der Waals surface area contributed by atoms with Gasteiger partial charge in [-0.2, -0.15) is 0 Å². The Balaban J connectivity index is 2.72. The summed E-state index contributed by atoms with van der Waals surface area (Å²) in [5, 5.41) is 10.1. The molecule has 0 aliphatic carbocycles. The first kappa shape index (κ1) is 24.5. The van der Waals surface area contributed by atoms with Crippen molar-refractivity contribution >= 4 is 0 Å². The van der Waals surface area contributed by atoms with Gasteiger partial charge in [-0.1, -0.05) is 49.0 Å². The quantitative estimate of drug-likeness (QED) is 0.442. The first-order valence-electron chi connectivity index (χ1n) is 9.90. The lowest BCUT2D eigenvalue weighted by molar-refractivity contribution is 0.173. The molecule has 0 fully saturated rings. The molecule has 0 aliphatic rings. The number of aromatic nitrogens is 1. The van der Waals surface area contributed by atoms with E-state index in [0.717, 1.165) is 17.7 Å². The van der Waals surface area contributed by atoms with Crippen LogP contribution in [0.25, 0.3) is 0 Å². The summed E-state index contributed by atoms with van der Waals surface area (Å²) in [6.45, 7) is 9.72. The Morgan fingerprint density at radius 1 is 1.21 bits per heavy atom. The Morgan fingerprint density at radius 3 is 2.48 bits per heavy atom. The molecule has 1 heterocycles. The van der Waals surface area contributed by atoms with E-state index in [-0.39, 0.29) is 17.1 Å². The fraction of sp³-hybridized carbons (Fsp3) is 0.458. The number of H-pyrrole nitrogens is 1. The van der Waals surface area contributed by atoms with Crippen LogP contribution in [0.1, 0.15) is 45.4 Å². The highest BCUT2D eigenvalue weighted by atomic mass is 16.5. The third-order valence-corrected chi connectivity index (χ3v) is 5.05. The Hall–Kier alpha value is -2.53. The molecule has 0 radical (unpaired) electrons. The van der Waals surface area contributed by atoms with Gasteiger partial charge in [-0.05, 0) is 39.7 Å². The lowest BCUT2D eigenvalue weighted by Crippen LogP contribution is -2.16. The Morgan fingerprint density at radius 2 is 1.90 bits per heavy atom. The first-order valence-corrected chi connectivity index (χ1v) is 9.90. The zero-order valence-corrected chi connectivity index (χ0v) is 18.7. The standard InChI is InChI=1S/C24H35NO4/c1-8-17(3)21(26)18(4)13-11-9-10-12-16(2)14-15-20-19(5)22(27)23(28-6)24(25-20)29-7/h8-11,13-14,18,21,26H,12,15H2,1-7H3,(H,25,27). The van der Waals surface area contributed by atoms with Gasteiger partial charge in [-0.25, -0.2) is 0 Å². The molecular weight excluding hydrogens is 366 g/mol. The number of hydrogen-bond acceptors (Lipinski definition) is 4. The summed E-state index contributed by atoms with van der Waals surface area (Å²) >= 11 is 0. The van der Waals surface area contributed by atoms with Crippen molar-refractivity contribution < 1.29 is 14.6 Å². The number of nitrogens with one attached hydrogen (secondary N) is 1. The summed E-state index contributed by atoms with van der Waals surface area (Å²) in [6.07, 6.45) is 13.1. The second-order valence-corrected chi connectivity index (χ2v) is 7.23. The average molecular weight is 402 g/mol. The second-order valence-electron chi connectivity index (χ2n) is 7.23. The molecule has 1 aromatic rings. The van der Waals surface area contributed by atoms with Gasteiger partial charge in [0.05, 0.1) is 20.3 Å². The van der Waals surface area contributed by atoms with Crippen LogP contribution in [0.15, 0.2) is 52.4 Å². The largest absolute Gasteiger partial charge is 0.488 e. The van der Waals surface area contributed by atoms with Crippen molar-refractivity contribution in [1.29, 1.82) is 0 Å². The monoisotopic (exact) mass is 401 g/mol. The van der Waals surface area contributed by atoms with E-state index in [1.54, 1.807) is 6.92 Å². The van der Waals surface area contributed by atoms with Crippen molar-refractivity contribution in [3.05, 3.63) is 69.1 Å². The van der Waals surface area contributed by atoms with Gasteiger partial charge in [-0.15, -0.1) is 0 Å². The highest BCUT2D eigenvalue weighted by molar-refractivity contribution is 5.40. The van der Waals surface area contributed by atoms with Gasteiger partial charge in [0.25, 0.3) is 0 Å². The second kappa shape index (κ2) is 12.1. The molecule has 0 bridgehead atoms. The minimum absolute atomic E-state index is 0.0670. The molecule has 0 aromatic carbocycles. The molecule has 0 amide bonds. The first-order chi connectivity index (χ1) is 13.8. The topological polar surface area (TPSA) is 71.6 Å². The van der Waals surface area contributed by atoms with Crippen molar-refractivity contribution in [2.45, 2.75) is 53.6 Å². The summed E-state index contributed by atoms with van der Waals surface area (Å²) in [4.78, 5) is 15.5. The van der Waals surface area contributed by atoms with E-state index in [0.29, 0.717) is 17.9 Å². The van der Waals surface area contributed by atoms with E-state index in [1.807, 2.05) is 45.1 Å². The smallest absolute Gasteiger partial charge is 0.238 e. The highest BCUT2D eigenvalue weighted by Gasteiger charge is 2.14. The molecule has 5 heteroatoms. The number of rotatable bonds is 10. The molecule has 1 rings (SSSR count). The zero-order valence-electron chi connectivity index (χ0n) is 18.7. The van der Waals surface area contributed by atoms with Crippen LogP contribution in [0.5, 0.6) is 11.6 Å². The maximum atomic E-state index is 12.4. The van der Waals surface area contributed by atoms with Crippen LogP contribution in [0, 0.1) is 12.8 Å². The van der Waals surface area contributed by atoms with Crippen molar-refractivity contribution in [2.24, 2.45) is 5.92 Å². The van der Waals surface area contributed by atoms with E-state index in [1.165, 1.54) is 19.8 Å². The van der Waals surface area contributed by atoms with Crippen LogP contribution >= 0.6 is 0 Å². The summed E-state index contributed by atoms with van der Waals surface area (Å²) in [6, 6.07) is 0. The van der Waals surface area contributed by atoms with Gasteiger partial charge < -0.3 is 19.6 Å². The SMILES string of the molecule is CC=C(C)C(O)C(C)C=CC=CCC(C)=CCc1[nH]c(OC)c(OC)c(=O)c1C. The number of pyridine rings is 1. The van der Waals surface area contributed by atoms with Crippen LogP contribution in [-0.2, 0) is 6.42 Å². The number of ether oxygens (including phenoxy) is 2. The molecule has 2 N–H and O–H groups in total. The minimum atomic E-state index is -0.446. The summed E-state index contributed by atoms with van der Waals surface area (Å²) in [7, 11) is 2.96. The summed E-state index contributed by atoms with van der Waals surface area (Å²) < 4.78 is 10.4. The average Bonchev–Trinajstić information content (AvgIpc) is 2.72. The molecule has 5 nitrogen and oxygen atoms in total. The van der Waals surface area contributed by atoms with Crippen LogP contribution in [0.3, 0.4) is 0 Å². The number of methoxy groups -OCH3 is 2. The number of aromatic amines is 1. The Labute approximate surface area is 174 Å². The van der Waals surface area contributed by atoms with Gasteiger partial charge in [0, 0.05) is 23.6 Å². The molecule has 29 heavy (non-hydrogen) atoms. The zero-order chi connectivity index (χ0) is 22.0. The lowest BCUT2D eigenvalue weighted by Gasteiger charge is -2.15. The molecule has 2 unspecified atom stereocenters. The van der Waals surface area contributed by atoms with Crippen LogP contribution in [0.2, 0.25) is 0 Å². The maximum Gasteiger partial charge on any atom is 0.238 e. The molecule has 160 valence electrons. The highest BCUT2D eigenvalue weighted by Crippen LogP contribution is 2.22. The number of aliphatic hydroxyl groups excluding tert-OH is 1. The number of aliphatic hydroxyl groups is 1. The predicted molar refractivity (Wildman–Crippen MR) is 120 cm³/mol. The maximum absolute atomic E-state index is 12.4. The molecular formula is C24H35NO4. The normalized spacial score (nSPS) is 15.2. The molecule has 0 spiro atoms. The Bertz CT molecular complexity index is 843. The molecule has 2 atom stereocenters. The summed E-state index contributed by atoms with van der Waals surface area (Å²) in [5.74, 6) is 0.615. The Kier molecular flexibility index (Phi) is 10.2. The minimum Gasteiger partial charge on any atom is -0.488 e. The van der Waals surface area contributed by atoms with Crippen LogP contribution in [0.4, 0.5) is 0 Å². The molecule has 0 saturated heterocycles. The fourth-order valence-corrected chi connectivity index (χ4v) is 2.85. The van der Waals surface area contributed by atoms with Crippen molar-refractivity contribution in [1.82, 2.24) is 4.98 Å². The lowest BCUT2D eigenvalue weighted by atomic mass is 9.98. The molecule has 0 saturated carbocycles. The van der Waals surface area contributed by atoms with E-state index < -0.39 is 6.10 Å². The van der Waals surface area contributed by atoms with Crippen molar-refractivity contribution in [3.8, 4) is 11.6 Å². The van der Waals surface area contributed by atoms with Gasteiger partial charge in [0.2, 0.25) is 17.1 Å². The van der Waals surface area contributed by atoms with Crippen molar-refractivity contribution in [3.63, 3.8) is 0 Å². The van der Waals surface area contributed by atoms with Gasteiger partial charge in [0.15, 0.2) is 0 Å². The number of allylic oxidation sites excluding steroid dienone is 6. The number of hydrogen-bond donors (Lipinski definition) is 2. The van der Waals surface area contributed by atoms with Crippen molar-refractivity contribution in [2.75, 3.05) is 14.2 Å². The molecule has 1 aromatic heterocycles. The van der Waals surface area contributed by atoms with Crippen LogP contribution in [-0.4, -0.2) is 30.4 Å². The van der Waals surface area contributed by atoms with E-state index in [9.17, 15) is 9.90 Å².